The molecular weight excluding hydrogens is 504 g/mol. The standard InChI is InChI=1S/C22H26F4N6O3S/c1-21(13-36(34)29-8-2-3-9-32(36)20(27)31-21)16-10-14(4-6-17(16)23)30-19(33)18-7-5-15(11-28-18)35-12-22(24,25)26/h4-7,10-11,29,34H,2-3,8-9,12-13H2,1H3,(H2,27,31)(H,30,33)/t21-/m0/s1. The van der Waals surface area contributed by atoms with Crippen molar-refractivity contribution in [1.82, 2.24) is 14.0 Å². The Bertz CT molecular complexity index is 1170. The molecule has 5 N–H and O–H groups in total. The van der Waals surface area contributed by atoms with E-state index >= 15 is 0 Å². The highest BCUT2D eigenvalue weighted by Crippen LogP contribution is 2.53. The summed E-state index contributed by atoms with van der Waals surface area (Å²) >= 11 is 0. The van der Waals surface area contributed by atoms with E-state index < -0.39 is 40.7 Å². The van der Waals surface area contributed by atoms with Crippen molar-refractivity contribution in [3.8, 4) is 5.75 Å². The van der Waals surface area contributed by atoms with Gasteiger partial charge in [-0.05, 0) is 50.1 Å². The molecule has 2 aromatic rings. The highest BCUT2D eigenvalue weighted by molar-refractivity contribution is 8.25. The van der Waals surface area contributed by atoms with Crippen molar-refractivity contribution < 1.29 is 31.6 Å². The highest BCUT2D eigenvalue weighted by atomic mass is 32.3. The lowest BCUT2D eigenvalue weighted by Crippen LogP contribution is -2.53. The Morgan fingerprint density at radius 2 is 2.11 bits per heavy atom. The van der Waals surface area contributed by atoms with E-state index in [1.165, 1.54) is 30.3 Å². The van der Waals surface area contributed by atoms with Crippen molar-refractivity contribution in [3.63, 3.8) is 0 Å². The predicted molar refractivity (Wildman–Crippen MR) is 128 cm³/mol. The monoisotopic (exact) mass is 530 g/mol. The molecule has 196 valence electrons. The Kier molecular flexibility index (Phi) is 7.03. The van der Waals surface area contributed by atoms with Gasteiger partial charge in [0.05, 0.1) is 11.9 Å². The molecule has 2 aliphatic heterocycles. The third kappa shape index (κ3) is 5.65. The number of hydrogen-bond donors (Lipinski definition) is 4. The Morgan fingerprint density at radius 1 is 1.33 bits per heavy atom. The molecule has 3 heterocycles. The minimum absolute atomic E-state index is 0.0802. The van der Waals surface area contributed by atoms with E-state index in [2.05, 4.69) is 24.8 Å². The second-order valence-electron chi connectivity index (χ2n) is 8.69. The first-order valence-corrected chi connectivity index (χ1v) is 12.8. The maximum atomic E-state index is 15.0. The molecular formula is C22H26F4N6O3S. The molecule has 2 aliphatic rings. The van der Waals surface area contributed by atoms with Crippen molar-refractivity contribution in [2.24, 2.45) is 10.7 Å². The number of nitrogens with two attached hydrogens (primary N) is 1. The van der Waals surface area contributed by atoms with Crippen LogP contribution in [0.3, 0.4) is 0 Å². The van der Waals surface area contributed by atoms with E-state index in [-0.39, 0.29) is 34.4 Å². The smallest absolute Gasteiger partial charge is 0.422 e. The Morgan fingerprint density at radius 3 is 2.81 bits per heavy atom. The molecule has 0 bridgehead atoms. The Labute approximate surface area is 206 Å². The Hall–Kier alpha value is -3.10. The summed E-state index contributed by atoms with van der Waals surface area (Å²) < 4.78 is 72.6. The number of aromatic nitrogens is 1. The van der Waals surface area contributed by atoms with Gasteiger partial charge in [0, 0.05) is 35.0 Å². The van der Waals surface area contributed by atoms with Gasteiger partial charge in [-0.1, -0.05) is 0 Å². The van der Waals surface area contributed by atoms with E-state index in [1.807, 2.05) is 0 Å². The molecule has 0 spiro atoms. The molecule has 0 radical (unpaired) electrons. The normalized spacial score (nSPS) is 26.2. The van der Waals surface area contributed by atoms with Crippen LogP contribution in [0.4, 0.5) is 23.2 Å². The van der Waals surface area contributed by atoms with Crippen LogP contribution < -0.4 is 20.5 Å². The highest BCUT2D eigenvalue weighted by Gasteiger charge is 2.46. The molecule has 36 heavy (non-hydrogen) atoms. The third-order valence-corrected chi connectivity index (χ3v) is 8.49. The van der Waals surface area contributed by atoms with Crippen molar-refractivity contribution in [3.05, 3.63) is 53.6 Å². The summed E-state index contributed by atoms with van der Waals surface area (Å²) in [6, 6.07) is 6.35. The molecule has 0 aliphatic carbocycles. The molecule has 4 rings (SSSR count). The molecule has 14 heteroatoms. The minimum atomic E-state index is -4.50. The molecule has 1 aromatic carbocycles. The predicted octanol–water partition coefficient (Wildman–Crippen LogP) is 3.75. The van der Waals surface area contributed by atoms with Gasteiger partial charge >= 0.3 is 6.18 Å². The average molecular weight is 531 g/mol. The number of anilines is 1. The van der Waals surface area contributed by atoms with Gasteiger partial charge in [0.1, 0.15) is 22.8 Å². The van der Waals surface area contributed by atoms with Crippen LogP contribution in [0.1, 0.15) is 35.8 Å². The molecule has 1 amide bonds. The SMILES string of the molecule is C[C@@]1(c2cc(NC(=O)c3ccc(OCC(F)(F)F)cn3)ccc2F)CS2(O)NCCCCN2C(N)=N1. The number of ether oxygens (including phenoxy) is 1. The maximum Gasteiger partial charge on any atom is 0.422 e. The molecule has 9 nitrogen and oxygen atoms in total. The fourth-order valence-corrected chi connectivity index (χ4v) is 6.76. The van der Waals surface area contributed by atoms with E-state index in [0.29, 0.717) is 13.1 Å². The van der Waals surface area contributed by atoms with Crippen LogP contribution in [0.15, 0.2) is 41.5 Å². The van der Waals surface area contributed by atoms with Gasteiger partial charge < -0.3 is 20.3 Å². The van der Waals surface area contributed by atoms with Crippen molar-refractivity contribution in [2.75, 3.05) is 30.8 Å². The number of halogens is 4. The van der Waals surface area contributed by atoms with Crippen LogP contribution in [0.25, 0.3) is 0 Å². The first-order valence-electron chi connectivity index (χ1n) is 11.1. The van der Waals surface area contributed by atoms with Gasteiger partial charge in [-0.25, -0.2) is 19.1 Å². The van der Waals surface area contributed by atoms with Gasteiger partial charge in [0.15, 0.2) is 6.61 Å². The van der Waals surface area contributed by atoms with Crippen LogP contribution in [-0.4, -0.2) is 57.3 Å². The third-order valence-electron chi connectivity index (χ3n) is 5.76. The summed E-state index contributed by atoms with van der Waals surface area (Å²) in [7, 11) is -2.56. The second kappa shape index (κ2) is 9.75. The second-order valence-corrected chi connectivity index (χ2v) is 11.0. The Balaban J connectivity index is 1.53. The molecule has 2 atom stereocenters. The maximum absolute atomic E-state index is 15.0. The van der Waals surface area contributed by atoms with Crippen LogP contribution in [0.5, 0.6) is 5.75 Å². The fraction of sp³-hybridized carbons (Fsp3) is 0.409. The van der Waals surface area contributed by atoms with Gasteiger partial charge in [0.25, 0.3) is 5.91 Å². The number of nitrogens with one attached hydrogen (secondary N) is 2. The zero-order valence-corrected chi connectivity index (χ0v) is 20.1. The first kappa shape index (κ1) is 26.0. The molecule has 1 aromatic heterocycles. The van der Waals surface area contributed by atoms with Gasteiger partial charge in [-0.3, -0.25) is 9.10 Å². The summed E-state index contributed by atoms with van der Waals surface area (Å²) in [6.45, 7) is 1.32. The zero-order chi connectivity index (χ0) is 26.1. The number of nitrogens with zero attached hydrogens (tertiary/aromatic N) is 3. The molecule has 1 saturated heterocycles. The summed E-state index contributed by atoms with van der Waals surface area (Å²) in [5.41, 5.74) is 5.27. The van der Waals surface area contributed by atoms with Gasteiger partial charge in [-0.15, -0.1) is 0 Å². The topological polar surface area (TPSA) is 125 Å². The van der Waals surface area contributed by atoms with Crippen molar-refractivity contribution >= 4 is 28.2 Å². The lowest BCUT2D eigenvalue weighted by molar-refractivity contribution is -0.153. The lowest BCUT2D eigenvalue weighted by Gasteiger charge is -2.51. The summed E-state index contributed by atoms with van der Waals surface area (Å²) in [6.07, 6.45) is -1.81. The fourth-order valence-electron chi connectivity index (χ4n) is 4.09. The van der Waals surface area contributed by atoms with E-state index in [0.717, 1.165) is 19.0 Å². The number of carbonyl (C=O) groups is 1. The van der Waals surface area contributed by atoms with Crippen molar-refractivity contribution in [2.45, 2.75) is 31.5 Å². The lowest BCUT2D eigenvalue weighted by atomic mass is 9.93. The minimum Gasteiger partial charge on any atom is -0.483 e. The van der Waals surface area contributed by atoms with Crippen LogP contribution in [0.2, 0.25) is 0 Å². The summed E-state index contributed by atoms with van der Waals surface area (Å²) in [4.78, 5) is 21.0. The molecule has 1 fully saturated rings. The molecule has 0 saturated carbocycles. The number of pyridine rings is 1. The molecule has 1 unspecified atom stereocenters. The number of amides is 1. The number of fused-ring (bicyclic) bond motifs is 1. The largest absolute Gasteiger partial charge is 0.483 e. The summed E-state index contributed by atoms with van der Waals surface area (Å²) in [5.74, 6) is -1.18. The quantitative estimate of drug-likeness (QED) is 0.434. The number of carbonyl (C=O) groups excluding carboxylic acids is 1. The number of rotatable bonds is 5. The number of aliphatic imine (C=N–C) groups is 1. The first-order chi connectivity index (χ1) is 16.9. The van der Waals surface area contributed by atoms with Gasteiger partial charge in [0.2, 0.25) is 5.96 Å². The average Bonchev–Trinajstić information content (AvgIpc) is 3.00. The van der Waals surface area contributed by atoms with E-state index in [4.69, 9.17) is 5.73 Å². The zero-order valence-electron chi connectivity index (χ0n) is 19.3. The van der Waals surface area contributed by atoms with E-state index in [1.54, 1.807) is 11.2 Å². The van der Waals surface area contributed by atoms with Crippen LogP contribution >= 0.6 is 10.7 Å². The van der Waals surface area contributed by atoms with E-state index in [9.17, 15) is 26.9 Å². The summed E-state index contributed by atoms with van der Waals surface area (Å²) in [5, 5.41) is 2.59. The number of guanidine groups is 1. The van der Waals surface area contributed by atoms with Crippen molar-refractivity contribution in [1.29, 1.82) is 0 Å². The number of alkyl halides is 3. The number of hydrogen-bond acceptors (Lipinski definition) is 8. The number of benzene rings is 1. The van der Waals surface area contributed by atoms with Gasteiger partial charge in [-0.2, -0.15) is 13.2 Å². The van der Waals surface area contributed by atoms with Crippen LogP contribution in [0, 0.1) is 5.82 Å². The van der Waals surface area contributed by atoms with Crippen LogP contribution in [-0.2, 0) is 5.54 Å².